The minimum atomic E-state index is -0.471. The number of carbonyl (C=O) groups excluding carboxylic acids is 1. The smallest absolute Gasteiger partial charge is 0.410 e. The van der Waals surface area contributed by atoms with Crippen LogP contribution in [0.4, 0.5) is 4.79 Å². The molecule has 4 nitrogen and oxygen atoms in total. The van der Waals surface area contributed by atoms with Crippen LogP contribution < -0.4 is 0 Å². The molecule has 0 saturated heterocycles. The molecule has 1 heterocycles. The zero-order valence-electron chi connectivity index (χ0n) is 13.5. The molecule has 0 fully saturated rings. The van der Waals surface area contributed by atoms with Crippen molar-refractivity contribution in [3.05, 3.63) is 29.0 Å². The van der Waals surface area contributed by atoms with Crippen LogP contribution in [0.3, 0.4) is 0 Å². The Balaban J connectivity index is 2.57. The lowest BCUT2D eigenvalue weighted by Gasteiger charge is -2.30. The second-order valence-electron chi connectivity index (χ2n) is 6.16. The lowest BCUT2D eigenvalue weighted by molar-refractivity contribution is 0.0211. The van der Waals surface area contributed by atoms with E-state index < -0.39 is 5.60 Å². The van der Waals surface area contributed by atoms with Crippen LogP contribution in [-0.2, 0) is 11.2 Å². The minimum Gasteiger partial charge on any atom is -0.444 e. The van der Waals surface area contributed by atoms with Crippen molar-refractivity contribution in [1.82, 2.24) is 9.88 Å². The molecule has 0 radical (unpaired) electrons. The normalized spacial score (nSPS) is 12.9. The number of halogens is 1. The van der Waals surface area contributed by atoms with Gasteiger partial charge < -0.3 is 9.64 Å². The third-order valence-corrected chi connectivity index (χ3v) is 3.45. The average Bonchev–Trinajstić information content (AvgIpc) is 2.39. The van der Waals surface area contributed by atoms with E-state index in [0.29, 0.717) is 5.02 Å². The molecule has 1 amide bonds. The van der Waals surface area contributed by atoms with Gasteiger partial charge in [0.15, 0.2) is 0 Å². The maximum Gasteiger partial charge on any atom is 0.410 e. The molecule has 1 atom stereocenters. The first-order valence-electron chi connectivity index (χ1n) is 7.29. The van der Waals surface area contributed by atoms with E-state index in [9.17, 15) is 4.79 Å². The van der Waals surface area contributed by atoms with E-state index in [1.165, 1.54) is 0 Å². The maximum atomic E-state index is 12.1. The largest absolute Gasteiger partial charge is 0.444 e. The molecule has 1 aromatic heterocycles. The van der Waals surface area contributed by atoms with E-state index in [-0.39, 0.29) is 12.1 Å². The molecular weight excluding hydrogens is 288 g/mol. The van der Waals surface area contributed by atoms with Gasteiger partial charge in [-0.15, -0.1) is 0 Å². The summed E-state index contributed by atoms with van der Waals surface area (Å²) in [5.74, 6) is 0. The number of hydrogen-bond donors (Lipinski definition) is 0. The van der Waals surface area contributed by atoms with Crippen LogP contribution in [0.25, 0.3) is 0 Å². The number of hydrogen-bond acceptors (Lipinski definition) is 3. The summed E-state index contributed by atoms with van der Waals surface area (Å²) in [4.78, 5) is 18.0. The number of carbonyl (C=O) groups is 1. The molecule has 118 valence electrons. The topological polar surface area (TPSA) is 42.4 Å². The number of ether oxygens (including phenoxy) is 1. The lowest BCUT2D eigenvalue weighted by Crippen LogP contribution is -2.40. The van der Waals surface area contributed by atoms with Gasteiger partial charge in [0.25, 0.3) is 0 Å². The van der Waals surface area contributed by atoms with Gasteiger partial charge in [0, 0.05) is 25.0 Å². The summed E-state index contributed by atoms with van der Waals surface area (Å²) >= 11 is 5.82. The van der Waals surface area contributed by atoms with Crippen molar-refractivity contribution in [2.24, 2.45) is 0 Å². The first kappa shape index (κ1) is 17.8. The third-order valence-electron chi connectivity index (χ3n) is 3.22. The van der Waals surface area contributed by atoms with Gasteiger partial charge in [-0.2, -0.15) is 0 Å². The number of rotatable bonds is 5. The van der Waals surface area contributed by atoms with Gasteiger partial charge in [-0.25, -0.2) is 4.79 Å². The van der Waals surface area contributed by atoms with E-state index in [0.717, 1.165) is 25.0 Å². The lowest BCUT2D eigenvalue weighted by atomic mass is 10.1. The van der Waals surface area contributed by atoms with Crippen molar-refractivity contribution in [3.63, 3.8) is 0 Å². The summed E-state index contributed by atoms with van der Waals surface area (Å²) < 4.78 is 5.40. The van der Waals surface area contributed by atoms with Crippen LogP contribution >= 0.6 is 11.6 Å². The molecule has 5 heteroatoms. The predicted molar refractivity (Wildman–Crippen MR) is 85.6 cm³/mol. The van der Waals surface area contributed by atoms with Gasteiger partial charge in [-0.05, 0) is 52.2 Å². The Bertz CT molecular complexity index is 454. The highest BCUT2D eigenvalue weighted by molar-refractivity contribution is 6.30. The highest BCUT2D eigenvalue weighted by atomic mass is 35.5. The van der Waals surface area contributed by atoms with Crippen LogP contribution in [0.1, 0.15) is 46.2 Å². The quantitative estimate of drug-likeness (QED) is 0.813. The van der Waals surface area contributed by atoms with E-state index in [1.807, 2.05) is 32.9 Å². The van der Waals surface area contributed by atoms with Crippen LogP contribution in [0.5, 0.6) is 0 Å². The fraction of sp³-hybridized carbons (Fsp3) is 0.625. The molecule has 1 rings (SSSR count). The van der Waals surface area contributed by atoms with E-state index in [4.69, 9.17) is 16.3 Å². The van der Waals surface area contributed by atoms with Crippen molar-refractivity contribution in [2.45, 2.75) is 58.6 Å². The minimum absolute atomic E-state index is 0.136. The standard InChI is InChI=1S/C16H25ClN2O2/c1-6-14(19(5)15(20)21-16(2,3)4)10-9-13-8-7-12(17)11-18-13/h7-8,11,14H,6,9-10H2,1-5H3/t14-/m0/s1. The molecule has 0 N–H and O–H groups in total. The summed E-state index contributed by atoms with van der Waals surface area (Å²) in [6.07, 6.45) is 3.90. The Labute approximate surface area is 132 Å². The Morgan fingerprint density at radius 2 is 2.10 bits per heavy atom. The second-order valence-corrected chi connectivity index (χ2v) is 6.60. The summed E-state index contributed by atoms with van der Waals surface area (Å²) in [5.41, 5.74) is 0.511. The van der Waals surface area contributed by atoms with E-state index in [2.05, 4.69) is 11.9 Å². The molecule has 0 spiro atoms. The zero-order chi connectivity index (χ0) is 16.0. The molecular formula is C16H25ClN2O2. The SMILES string of the molecule is CC[C@@H](CCc1ccc(Cl)cn1)N(C)C(=O)OC(C)(C)C. The van der Waals surface area contributed by atoms with Gasteiger partial charge in [0.2, 0.25) is 0 Å². The van der Waals surface area contributed by atoms with Gasteiger partial charge in [0.05, 0.1) is 5.02 Å². The van der Waals surface area contributed by atoms with E-state index in [1.54, 1.807) is 18.1 Å². The predicted octanol–water partition coefficient (Wildman–Crippen LogP) is 4.31. The van der Waals surface area contributed by atoms with Crippen LogP contribution in [0, 0.1) is 0 Å². The number of amides is 1. The molecule has 1 aromatic rings. The number of aromatic nitrogens is 1. The summed E-state index contributed by atoms with van der Waals surface area (Å²) in [7, 11) is 1.79. The van der Waals surface area contributed by atoms with Crippen molar-refractivity contribution >= 4 is 17.7 Å². The Morgan fingerprint density at radius 1 is 1.43 bits per heavy atom. The number of nitrogens with zero attached hydrogens (tertiary/aromatic N) is 2. The molecule has 0 unspecified atom stereocenters. The van der Waals surface area contributed by atoms with Crippen molar-refractivity contribution in [1.29, 1.82) is 0 Å². The van der Waals surface area contributed by atoms with Gasteiger partial charge in [0.1, 0.15) is 5.60 Å². The Kier molecular flexibility index (Phi) is 6.46. The molecule has 0 saturated carbocycles. The molecule has 0 aliphatic carbocycles. The number of aryl methyl sites for hydroxylation is 1. The Hall–Kier alpha value is -1.29. The molecule has 0 aromatic carbocycles. The summed E-state index contributed by atoms with van der Waals surface area (Å²) in [6.45, 7) is 7.69. The van der Waals surface area contributed by atoms with Gasteiger partial charge in [-0.3, -0.25) is 4.98 Å². The van der Waals surface area contributed by atoms with Crippen LogP contribution in [0.15, 0.2) is 18.3 Å². The molecule has 0 bridgehead atoms. The van der Waals surface area contributed by atoms with Gasteiger partial charge in [-0.1, -0.05) is 18.5 Å². The third kappa shape index (κ3) is 6.34. The molecule has 0 aliphatic heterocycles. The fourth-order valence-corrected chi connectivity index (χ4v) is 2.14. The van der Waals surface area contributed by atoms with Crippen molar-refractivity contribution < 1.29 is 9.53 Å². The van der Waals surface area contributed by atoms with Crippen molar-refractivity contribution in [2.75, 3.05) is 7.05 Å². The molecule has 21 heavy (non-hydrogen) atoms. The maximum absolute atomic E-state index is 12.1. The van der Waals surface area contributed by atoms with E-state index >= 15 is 0 Å². The summed E-state index contributed by atoms with van der Waals surface area (Å²) in [6, 6.07) is 3.89. The summed E-state index contributed by atoms with van der Waals surface area (Å²) in [5, 5.41) is 0.636. The monoisotopic (exact) mass is 312 g/mol. The fourth-order valence-electron chi connectivity index (χ4n) is 2.02. The van der Waals surface area contributed by atoms with Crippen LogP contribution in [-0.4, -0.2) is 34.7 Å². The van der Waals surface area contributed by atoms with Gasteiger partial charge >= 0.3 is 6.09 Å². The molecule has 0 aliphatic rings. The van der Waals surface area contributed by atoms with Crippen molar-refractivity contribution in [3.8, 4) is 0 Å². The first-order chi connectivity index (χ1) is 9.73. The highest BCUT2D eigenvalue weighted by Crippen LogP contribution is 2.16. The Morgan fingerprint density at radius 3 is 2.57 bits per heavy atom. The first-order valence-corrected chi connectivity index (χ1v) is 7.67. The van der Waals surface area contributed by atoms with Crippen LogP contribution in [0.2, 0.25) is 5.02 Å². The second kappa shape index (κ2) is 7.64. The average molecular weight is 313 g/mol. The highest BCUT2D eigenvalue weighted by Gasteiger charge is 2.24. The number of pyridine rings is 1. The zero-order valence-corrected chi connectivity index (χ0v) is 14.3.